The minimum atomic E-state index is -0.890. The largest absolute Gasteiger partial charge is 0.494 e. The van der Waals surface area contributed by atoms with Crippen LogP contribution >= 0.6 is 0 Å². The molecule has 2 rings (SSSR count). The summed E-state index contributed by atoms with van der Waals surface area (Å²) in [6, 6.07) is 4.76. The van der Waals surface area contributed by atoms with E-state index >= 15 is 0 Å². The van der Waals surface area contributed by atoms with E-state index in [1.807, 2.05) is 5.43 Å². The highest BCUT2D eigenvalue weighted by molar-refractivity contribution is 6.05. The van der Waals surface area contributed by atoms with E-state index in [1.54, 1.807) is 0 Å². The van der Waals surface area contributed by atoms with Crippen LogP contribution in [-0.2, 0) is 0 Å². The van der Waals surface area contributed by atoms with Gasteiger partial charge in [-0.15, -0.1) is 0 Å². The molecule has 6 nitrogen and oxygen atoms in total. The van der Waals surface area contributed by atoms with Gasteiger partial charge >= 0.3 is 0 Å². The molecule has 0 saturated heterocycles. The van der Waals surface area contributed by atoms with Crippen molar-refractivity contribution in [1.82, 2.24) is 4.98 Å². The summed E-state index contributed by atoms with van der Waals surface area (Å²) in [7, 11) is 1.33. The van der Waals surface area contributed by atoms with Crippen LogP contribution in [0.3, 0.4) is 0 Å². The molecule has 0 aliphatic rings. The number of rotatable bonds is 4. The van der Waals surface area contributed by atoms with Crippen molar-refractivity contribution in [3.63, 3.8) is 0 Å². The molecule has 1 amide bonds. The number of anilines is 2. The van der Waals surface area contributed by atoms with Crippen molar-refractivity contribution in [3.8, 4) is 5.75 Å². The molecular formula is C13H12F2N4O2. The number of benzene rings is 1. The van der Waals surface area contributed by atoms with Crippen LogP contribution in [0.5, 0.6) is 5.75 Å². The van der Waals surface area contributed by atoms with Crippen LogP contribution in [-0.4, -0.2) is 18.0 Å². The molecule has 1 aromatic carbocycles. The fourth-order valence-electron chi connectivity index (χ4n) is 1.68. The van der Waals surface area contributed by atoms with Gasteiger partial charge in [0.15, 0.2) is 11.6 Å². The SMILES string of the molecule is COc1cc(F)ccc1NC(=O)c1ccnc(NN)c1F. The fourth-order valence-corrected chi connectivity index (χ4v) is 1.68. The number of hydrogen-bond donors (Lipinski definition) is 3. The van der Waals surface area contributed by atoms with Crippen LogP contribution < -0.4 is 21.3 Å². The summed E-state index contributed by atoms with van der Waals surface area (Å²) in [6.07, 6.45) is 1.23. The van der Waals surface area contributed by atoms with Crippen LogP contribution in [0.1, 0.15) is 10.4 Å². The third-order valence-electron chi connectivity index (χ3n) is 2.68. The van der Waals surface area contributed by atoms with Crippen molar-refractivity contribution in [2.24, 2.45) is 5.84 Å². The lowest BCUT2D eigenvalue weighted by Gasteiger charge is -2.11. The highest BCUT2D eigenvalue weighted by atomic mass is 19.1. The van der Waals surface area contributed by atoms with Crippen molar-refractivity contribution in [3.05, 3.63) is 47.7 Å². The first-order valence-electron chi connectivity index (χ1n) is 5.82. The number of hydrogen-bond acceptors (Lipinski definition) is 5. The van der Waals surface area contributed by atoms with Crippen molar-refractivity contribution in [2.75, 3.05) is 17.9 Å². The lowest BCUT2D eigenvalue weighted by atomic mass is 10.2. The van der Waals surface area contributed by atoms with E-state index in [0.717, 1.165) is 12.1 Å². The van der Waals surface area contributed by atoms with E-state index in [4.69, 9.17) is 10.6 Å². The number of methoxy groups -OCH3 is 1. The van der Waals surface area contributed by atoms with E-state index in [-0.39, 0.29) is 22.8 Å². The molecule has 0 aliphatic carbocycles. The number of aromatic nitrogens is 1. The number of halogens is 2. The summed E-state index contributed by atoms with van der Waals surface area (Å²) in [4.78, 5) is 15.7. The van der Waals surface area contributed by atoms with Gasteiger partial charge in [-0.05, 0) is 18.2 Å². The maximum atomic E-state index is 13.9. The van der Waals surface area contributed by atoms with Gasteiger partial charge in [-0.1, -0.05) is 0 Å². The molecule has 2 aromatic rings. The molecule has 0 atom stereocenters. The topological polar surface area (TPSA) is 89.3 Å². The average molecular weight is 294 g/mol. The standard InChI is InChI=1S/C13H12F2N4O2/c1-21-10-6-7(14)2-3-9(10)18-13(20)8-4-5-17-12(19-16)11(8)15/h2-6H,16H2,1H3,(H,17,19)(H,18,20). The van der Waals surface area contributed by atoms with Crippen molar-refractivity contribution >= 4 is 17.4 Å². The molecule has 0 fully saturated rings. The van der Waals surface area contributed by atoms with Crippen molar-refractivity contribution in [1.29, 1.82) is 0 Å². The first kappa shape index (κ1) is 14.7. The van der Waals surface area contributed by atoms with Gasteiger partial charge in [-0.25, -0.2) is 19.6 Å². The highest BCUT2D eigenvalue weighted by Crippen LogP contribution is 2.26. The van der Waals surface area contributed by atoms with E-state index in [9.17, 15) is 13.6 Å². The Morgan fingerprint density at radius 3 is 2.76 bits per heavy atom. The van der Waals surface area contributed by atoms with E-state index < -0.39 is 17.5 Å². The highest BCUT2D eigenvalue weighted by Gasteiger charge is 2.17. The minimum absolute atomic E-state index is 0.120. The zero-order chi connectivity index (χ0) is 15.4. The normalized spacial score (nSPS) is 10.1. The molecule has 0 radical (unpaired) electrons. The summed E-state index contributed by atoms with van der Waals surface area (Å²) >= 11 is 0. The van der Waals surface area contributed by atoms with E-state index in [0.29, 0.717) is 0 Å². The predicted octanol–water partition coefficient (Wildman–Crippen LogP) is 1.91. The number of nitrogens with two attached hydrogens (primary N) is 1. The van der Waals surface area contributed by atoms with E-state index in [1.165, 1.54) is 25.4 Å². The van der Waals surface area contributed by atoms with Gasteiger partial charge in [-0.3, -0.25) is 4.79 Å². The molecule has 0 aliphatic heterocycles. The number of ether oxygens (including phenoxy) is 1. The smallest absolute Gasteiger partial charge is 0.258 e. The quantitative estimate of drug-likeness (QED) is 0.592. The molecule has 1 aromatic heterocycles. The van der Waals surface area contributed by atoms with Crippen molar-refractivity contribution < 1.29 is 18.3 Å². The van der Waals surface area contributed by atoms with Gasteiger partial charge in [0.1, 0.15) is 11.6 Å². The molecule has 8 heteroatoms. The number of nitrogens with one attached hydrogen (secondary N) is 2. The number of hydrazine groups is 1. The molecule has 0 saturated carbocycles. The summed E-state index contributed by atoms with van der Waals surface area (Å²) in [5.74, 6) is 2.80. The van der Waals surface area contributed by atoms with Crippen LogP contribution in [0.4, 0.5) is 20.3 Å². The van der Waals surface area contributed by atoms with Crippen LogP contribution in [0.25, 0.3) is 0 Å². The van der Waals surface area contributed by atoms with Crippen molar-refractivity contribution in [2.45, 2.75) is 0 Å². The first-order valence-corrected chi connectivity index (χ1v) is 5.82. The Hall–Kier alpha value is -2.74. The maximum Gasteiger partial charge on any atom is 0.258 e. The van der Waals surface area contributed by atoms with Crippen LogP contribution in [0.15, 0.2) is 30.5 Å². The molecule has 0 bridgehead atoms. The Labute approximate surface area is 118 Å². The summed E-state index contributed by atoms with van der Waals surface area (Å²) in [5, 5.41) is 2.43. The first-order chi connectivity index (χ1) is 10.1. The molecule has 4 N–H and O–H groups in total. The molecule has 21 heavy (non-hydrogen) atoms. The van der Waals surface area contributed by atoms with Gasteiger partial charge < -0.3 is 15.5 Å². The monoisotopic (exact) mass is 294 g/mol. The minimum Gasteiger partial charge on any atom is -0.494 e. The Morgan fingerprint density at radius 2 is 2.10 bits per heavy atom. The molecule has 110 valence electrons. The lowest BCUT2D eigenvalue weighted by molar-refractivity contribution is 0.102. The summed E-state index contributed by atoms with van der Waals surface area (Å²) in [6.45, 7) is 0. The Morgan fingerprint density at radius 1 is 1.33 bits per heavy atom. The maximum absolute atomic E-state index is 13.9. The zero-order valence-electron chi connectivity index (χ0n) is 11.0. The zero-order valence-corrected chi connectivity index (χ0v) is 11.0. The van der Waals surface area contributed by atoms with Gasteiger partial charge in [-0.2, -0.15) is 0 Å². The van der Waals surface area contributed by atoms with Gasteiger partial charge in [0.2, 0.25) is 0 Å². The Balaban J connectivity index is 2.30. The molecule has 1 heterocycles. The number of nitrogen functional groups attached to an aromatic ring is 1. The molecule has 0 spiro atoms. The Kier molecular flexibility index (Phi) is 4.29. The molecular weight excluding hydrogens is 282 g/mol. The number of amides is 1. The third kappa shape index (κ3) is 3.06. The van der Waals surface area contributed by atoms with Gasteiger partial charge in [0.05, 0.1) is 18.4 Å². The molecule has 0 unspecified atom stereocenters. The third-order valence-corrected chi connectivity index (χ3v) is 2.68. The predicted molar refractivity (Wildman–Crippen MR) is 72.9 cm³/mol. The second kappa shape index (κ2) is 6.14. The van der Waals surface area contributed by atoms with E-state index in [2.05, 4.69) is 10.3 Å². The van der Waals surface area contributed by atoms with Gasteiger partial charge in [0.25, 0.3) is 5.91 Å². The average Bonchev–Trinajstić information content (AvgIpc) is 2.49. The second-order valence-electron chi connectivity index (χ2n) is 3.96. The Bertz CT molecular complexity index is 679. The number of nitrogens with zero attached hydrogens (tertiary/aromatic N) is 1. The number of carbonyl (C=O) groups excluding carboxylic acids is 1. The second-order valence-corrected chi connectivity index (χ2v) is 3.96. The van der Waals surface area contributed by atoms with Gasteiger partial charge in [0, 0.05) is 12.3 Å². The summed E-state index contributed by atoms with van der Waals surface area (Å²) in [5.41, 5.74) is 1.99. The van der Waals surface area contributed by atoms with Crippen LogP contribution in [0, 0.1) is 11.6 Å². The van der Waals surface area contributed by atoms with Crippen LogP contribution in [0.2, 0.25) is 0 Å². The number of carbonyl (C=O) groups is 1. The summed E-state index contributed by atoms with van der Waals surface area (Å²) < 4.78 is 31.9. The lowest BCUT2D eigenvalue weighted by Crippen LogP contribution is -2.18. The fraction of sp³-hybridized carbons (Fsp3) is 0.0769. The number of pyridine rings is 1.